The van der Waals surface area contributed by atoms with Crippen LogP contribution >= 0.6 is 11.8 Å². The van der Waals surface area contributed by atoms with Gasteiger partial charge in [-0.25, -0.2) is 4.98 Å². The van der Waals surface area contributed by atoms with Crippen molar-refractivity contribution in [2.75, 3.05) is 0 Å². The minimum atomic E-state index is 0.633. The zero-order chi connectivity index (χ0) is 13.1. The normalized spacial score (nSPS) is 10.5. The molecule has 0 amide bonds. The molecule has 0 spiro atoms. The summed E-state index contributed by atoms with van der Waals surface area (Å²) in [5, 5.41) is 9.66. The third kappa shape index (κ3) is 2.47. The largest absolute Gasteiger partial charge is 0.431 e. The minimum Gasteiger partial charge on any atom is -0.431 e. The molecular weight excluding hydrogens is 256 g/mol. The maximum atomic E-state index is 9.03. The summed E-state index contributed by atoms with van der Waals surface area (Å²) < 4.78 is 5.63. The molecule has 0 saturated carbocycles. The Kier molecular flexibility index (Phi) is 3.21. The van der Waals surface area contributed by atoms with Crippen LogP contribution in [0.1, 0.15) is 11.1 Å². The van der Waals surface area contributed by atoms with E-state index in [1.54, 1.807) is 0 Å². The predicted molar refractivity (Wildman–Crippen MR) is 74.7 cm³/mol. The molecule has 3 rings (SSSR count). The van der Waals surface area contributed by atoms with Crippen molar-refractivity contribution in [2.24, 2.45) is 0 Å². The van der Waals surface area contributed by atoms with E-state index in [0.717, 1.165) is 16.7 Å². The lowest BCUT2D eigenvalue weighted by molar-refractivity contribution is 0.489. The van der Waals surface area contributed by atoms with Crippen molar-refractivity contribution < 1.29 is 4.42 Å². The van der Waals surface area contributed by atoms with Crippen molar-refractivity contribution in [3.05, 3.63) is 59.7 Å². The third-order valence-corrected chi connectivity index (χ3v) is 3.64. The molecule has 0 atom stereocenters. The molecule has 92 valence electrons. The average molecular weight is 266 g/mol. The van der Waals surface area contributed by atoms with Crippen LogP contribution in [0.5, 0.6) is 0 Å². The molecule has 0 radical (unpaired) electrons. The highest BCUT2D eigenvalue weighted by Crippen LogP contribution is 2.26. The number of rotatable bonds is 3. The van der Waals surface area contributed by atoms with Gasteiger partial charge in [0.15, 0.2) is 5.58 Å². The van der Waals surface area contributed by atoms with Crippen LogP contribution in [-0.2, 0) is 5.75 Å². The summed E-state index contributed by atoms with van der Waals surface area (Å²) in [7, 11) is 0. The highest BCUT2D eigenvalue weighted by Gasteiger charge is 2.07. The van der Waals surface area contributed by atoms with E-state index in [1.165, 1.54) is 11.8 Å². The summed E-state index contributed by atoms with van der Waals surface area (Å²) in [5.41, 5.74) is 3.35. The van der Waals surface area contributed by atoms with Crippen molar-refractivity contribution in [1.29, 1.82) is 5.26 Å². The maximum absolute atomic E-state index is 9.03. The second kappa shape index (κ2) is 5.17. The Bertz CT molecular complexity index is 725. The second-order valence-corrected chi connectivity index (χ2v) is 4.93. The molecule has 0 N–H and O–H groups in total. The van der Waals surface area contributed by atoms with Crippen molar-refractivity contribution in [3.8, 4) is 6.07 Å². The van der Waals surface area contributed by atoms with Gasteiger partial charge in [-0.2, -0.15) is 5.26 Å². The molecule has 3 aromatic rings. The molecule has 0 saturated heterocycles. The first-order valence-electron chi connectivity index (χ1n) is 5.83. The first-order valence-corrected chi connectivity index (χ1v) is 6.82. The Morgan fingerprint density at radius 2 is 1.89 bits per heavy atom. The van der Waals surface area contributed by atoms with E-state index < -0.39 is 0 Å². The molecule has 0 fully saturated rings. The molecule has 0 bridgehead atoms. The number of hydrogen-bond acceptors (Lipinski definition) is 4. The molecule has 0 aliphatic rings. The Morgan fingerprint density at radius 3 is 2.74 bits per heavy atom. The fraction of sp³-hybridized carbons (Fsp3) is 0.0667. The molecular formula is C15H10N2OS. The second-order valence-electron chi connectivity index (χ2n) is 4.01. The minimum absolute atomic E-state index is 0.633. The number of hydrogen-bond donors (Lipinski definition) is 0. The fourth-order valence-electron chi connectivity index (χ4n) is 1.81. The average Bonchev–Trinajstić information content (AvgIpc) is 2.88. The van der Waals surface area contributed by atoms with Gasteiger partial charge in [0.2, 0.25) is 0 Å². The molecule has 1 aromatic heterocycles. The van der Waals surface area contributed by atoms with Crippen LogP contribution in [0.3, 0.4) is 0 Å². The summed E-state index contributed by atoms with van der Waals surface area (Å²) in [6, 6.07) is 17.4. The van der Waals surface area contributed by atoms with Crippen LogP contribution in [0.2, 0.25) is 0 Å². The number of nitrogens with zero attached hydrogens (tertiary/aromatic N) is 2. The van der Waals surface area contributed by atoms with Crippen LogP contribution < -0.4 is 0 Å². The summed E-state index contributed by atoms with van der Waals surface area (Å²) in [6.45, 7) is 0. The van der Waals surface area contributed by atoms with E-state index in [-0.39, 0.29) is 0 Å². The standard InChI is InChI=1S/C15H10N2OS/c16-9-11-5-1-2-6-12(11)10-19-15-17-13-7-3-4-8-14(13)18-15/h1-8H,10H2. The highest BCUT2D eigenvalue weighted by molar-refractivity contribution is 7.98. The van der Waals surface area contributed by atoms with Gasteiger partial charge in [0.25, 0.3) is 5.22 Å². The van der Waals surface area contributed by atoms with E-state index in [4.69, 9.17) is 9.68 Å². The Balaban J connectivity index is 1.81. The topological polar surface area (TPSA) is 49.8 Å². The lowest BCUT2D eigenvalue weighted by atomic mass is 10.1. The zero-order valence-electron chi connectivity index (χ0n) is 10.0. The quantitative estimate of drug-likeness (QED) is 0.672. The molecule has 3 nitrogen and oxygen atoms in total. The van der Waals surface area contributed by atoms with Gasteiger partial charge >= 0.3 is 0 Å². The number of nitriles is 1. The Hall–Kier alpha value is -2.25. The van der Waals surface area contributed by atoms with Crippen molar-refractivity contribution in [3.63, 3.8) is 0 Å². The van der Waals surface area contributed by atoms with Crippen LogP contribution in [0.25, 0.3) is 11.1 Å². The SMILES string of the molecule is N#Cc1ccccc1CSc1nc2ccccc2o1. The molecule has 0 aliphatic carbocycles. The van der Waals surface area contributed by atoms with Gasteiger partial charge < -0.3 is 4.42 Å². The molecule has 1 heterocycles. The van der Waals surface area contributed by atoms with E-state index in [2.05, 4.69) is 11.1 Å². The van der Waals surface area contributed by atoms with Gasteiger partial charge in [-0.05, 0) is 23.8 Å². The summed E-state index contributed by atoms with van der Waals surface area (Å²) >= 11 is 1.50. The van der Waals surface area contributed by atoms with Crippen LogP contribution in [0.15, 0.2) is 58.2 Å². The van der Waals surface area contributed by atoms with Gasteiger partial charge in [0.1, 0.15) is 5.52 Å². The number of fused-ring (bicyclic) bond motifs is 1. The van der Waals surface area contributed by atoms with Gasteiger partial charge in [-0.15, -0.1) is 0 Å². The van der Waals surface area contributed by atoms with E-state index in [0.29, 0.717) is 16.5 Å². The molecule has 19 heavy (non-hydrogen) atoms. The van der Waals surface area contributed by atoms with Crippen LogP contribution in [-0.4, -0.2) is 4.98 Å². The monoisotopic (exact) mass is 266 g/mol. The van der Waals surface area contributed by atoms with Crippen LogP contribution in [0, 0.1) is 11.3 Å². The lowest BCUT2D eigenvalue weighted by Gasteiger charge is -2.00. The van der Waals surface area contributed by atoms with E-state index >= 15 is 0 Å². The predicted octanol–water partition coefficient (Wildman–Crippen LogP) is 3.99. The van der Waals surface area contributed by atoms with Gasteiger partial charge in [-0.1, -0.05) is 42.1 Å². The zero-order valence-corrected chi connectivity index (χ0v) is 10.9. The number of thioether (sulfide) groups is 1. The first kappa shape index (κ1) is 11.8. The smallest absolute Gasteiger partial charge is 0.257 e. The lowest BCUT2D eigenvalue weighted by Crippen LogP contribution is -1.86. The van der Waals surface area contributed by atoms with Crippen LogP contribution in [0.4, 0.5) is 0 Å². The van der Waals surface area contributed by atoms with Gasteiger partial charge in [0.05, 0.1) is 11.6 Å². The van der Waals surface area contributed by atoms with E-state index in [1.807, 2.05) is 48.5 Å². The molecule has 0 unspecified atom stereocenters. The highest BCUT2D eigenvalue weighted by atomic mass is 32.2. The summed E-state index contributed by atoms with van der Waals surface area (Å²) in [5.74, 6) is 0.677. The summed E-state index contributed by atoms with van der Waals surface area (Å²) in [4.78, 5) is 4.40. The summed E-state index contributed by atoms with van der Waals surface area (Å²) in [6.07, 6.45) is 0. The number of oxazole rings is 1. The van der Waals surface area contributed by atoms with E-state index in [9.17, 15) is 0 Å². The third-order valence-electron chi connectivity index (χ3n) is 2.76. The van der Waals surface area contributed by atoms with Crippen molar-refractivity contribution in [2.45, 2.75) is 11.0 Å². The first-order chi connectivity index (χ1) is 9.36. The number of benzene rings is 2. The Labute approximate surface area is 114 Å². The number of para-hydroxylation sites is 2. The fourth-order valence-corrected chi connectivity index (χ4v) is 2.65. The van der Waals surface area contributed by atoms with Crippen molar-refractivity contribution >= 4 is 22.9 Å². The maximum Gasteiger partial charge on any atom is 0.257 e. The number of aromatic nitrogens is 1. The van der Waals surface area contributed by atoms with Gasteiger partial charge in [0, 0.05) is 5.75 Å². The van der Waals surface area contributed by atoms with Crippen molar-refractivity contribution in [1.82, 2.24) is 4.98 Å². The Morgan fingerprint density at radius 1 is 1.11 bits per heavy atom. The van der Waals surface area contributed by atoms with Gasteiger partial charge in [-0.3, -0.25) is 0 Å². The molecule has 4 heteroatoms. The molecule has 0 aliphatic heterocycles. The molecule has 2 aromatic carbocycles.